The number of halogens is 3. The van der Waals surface area contributed by atoms with Gasteiger partial charge in [0.15, 0.2) is 0 Å². The first-order chi connectivity index (χ1) is 11.3. The molecule has 1 saturated heterocycles. The summed E-state index contributed by atoms with van der Waals surface area (Å²) in [6.45, 7) is 1.97. The van der Waals surface area contributed by atoms with Crippen LogP contribution in [0.3, 0.4) is 0 Å². The fourth-order valence-electron chi connectivity index (χ4n) is 2.57. The lowest BCUT2D eigenvalue weighted by Crippen LogP contribution is -2.30. The van der Waals surface area contributed by atoms with E-state index in [0.717, 1.165) is 35.6 Å². The number of rotatable bonds is 6. The van der Waals surface area contributed by atoms with Crippen LogP contribution in [0.1, 0.15) is 12.0 Å². The zero-order valence-electron chi connectivity index (χ0n) is 13.8. The van der Waals surface area contributed by atoms with Crippen molar-refractivity contribution < 1.29 is 13.6 Å². The van der Waals surface area contributed by atoms with E-state index in [-0.39, 0.29) is 17.5 Å². The minimum absolute atomic E-state index is 0.00584. The lowest BCUT2D eigenvalue weighted by Gasteiger charge is -2.17. The molecule has 1 heterocycles. The molecule has 1 aromatic rings. The molecule has 132 valence electrons. The zero-order valence-corrected chi connectivity index (χ0v) is 16.0. The molecular weight excluding hydrogens is 427 g/mol. The van der Waals surface area contributed by atoms with Crippen molar-refractivity contribution in [3.63, 3.8) is 0 Å². The molecule has 7 heteroatoms. The van der Waals surface area contributed by atoms with Gasteiger partial charge in [-0.25, -0.2) is 0 Å². The van der Waals surface area contributed by atoms with Gasteiger partial charge in [0.05, 0.1) is 0 Å². The monoisotopic (exact) mass is 449 g/mol. The molecule has 4 nitrogen and oxygen atoms in total. The second-order valence-corrected chi connectivity index (χ2v) is 7.51. The largest absolute Gasteiger partial charge is 0.380 e. The van der Waals surface area contributed by atoms with E-state index in [1.165, 1.54) is 12.1 Å². The fourth-order valence-corrected chi connectivity index (χ4v) is 2.90. The highest BCUT2D eigenvalue weighted by Crippen LogP contribution is 2.36. The average Bonchev–Trinajstić information content (AvgIpc) is 2.95. The van der Waals surface area contributed by atoms with Gasteiger partial charge in [-0.15, -0.1) is 0 Å². The van der Waals surface area contributed by atoms with Crippen molar-refractivity contribution >= 4 is 34.2 Å². The number of nitrogens with zero attached hydrogens (tertiary/aromatic N) is 2. The van der Waals surface area contributed by atoms with Gasteiger partial charge in [0.1, 0.15) is 0 Å². The predicted molar refractivity (Wildman–Crippen MR) is 101 cm³/mol. The van der Waals surface area contributed by atoms with Crippen molar-refractivity contribution in [3.05, 3.63) is 42.0 Å². The quantitative estimate of drug-likeness (QED) is 0.412. The molecule has 0 spiro atoms. The van der Waals surface area contributed by atoms with Gasteiger partial charge in [0.2, 0.25) is 5.91 Å². The van der Waals surface area contributed by atoms with E-state index in [4.69, 9.17) is 0 Å². The summed E-state index contributed by atoms with van der Waals surface area (Å²) in [5.41, 5.74) is 0.636. The van der Waals surface area contributed by atoms with Crippen LogP contribution in [-0.4, -0.2) is 55.5 Å². The Morgan fingerprint density at radius 2 is 2.25 bits per heavy atom. The number of alkyl halides is 3. The van der Waals surface area contributed by atoms with E-state index in [9.17, 15) is 13.6 Å². The predicted octanol–water partition coefficient (Wildman–Crippen LogP) is 3.30. The van der Waals surface area contributed by atoms with Gasteiger partial charge in [-0.1, -0.05) is 18.2 Å². The maximum atomic E-state index is 13.4. The van der Waals surface area contributed by atoms with E-state index < -0.39 is 3.93 Å². The third kappa shape index (κ3) is 5.70. The number of anilines is 1. The van der Waals surface area contributed by atoms with Crippen molar-refractivity contribution in [2.45, 2.75) is 16.4 Å². The Balaban J connectivity index is 1.90. The minimum Gasteiger partial charge on any atom is -0.380 e. The topological polar surface area (TPSA) is 35.6 Å². The average molecular weight is 449 g/mol. The summed E-state index contributed by atoms with van der Waals surface area (Å²) in [6.07, 6.45) is 4.24. The van der Waals surface area contributed by atoms with Crippen molar-refractivity contribution in [2.24, 2.45) is 0 Å². The lowest BCUT2D eigenvalue weighted by molar-refractivity contribution is -0.125. The molecular formula is C17H22F2IN3O. The smallest absolute Gasteiger partial charge is 0.321 e. The Labute approximate surface area is 155 Å². The van der Waals surface area contributed by atoms with Crippen LogP contribution in [0.15, 0.2) is 36.4 Å². The number of likely N-dealkylation sites (tertiary alicyclic amines) is 1. The van der Waals surface area contributed by atoms with Crippen LogP contribution in [-0.2, 0) is 8.72 Å². The maximum Gasteiger partial charge on any atom is 0.321 e. The highest BCUT2D eigenvalue weighted by Gasteiger charge is 2.28. The Kier molecular flexibility index (Phi) is 6.56. The summed E-state index contributed by atoms with van der Waals surface area (Å²) < 4.78 is 23.9. The fraction of sp³-hybridized carbons (Fsp3) is 0.471. The number of likely N-dealkylation sites (N-methyl/N-ethyl adjacent to an activating group) is 1. The van der Waals surface area contributed by atoms with Gasteiger partial charge < -0.3 is 15.1 Å². The molecule has 1 aromatic carbocycles. The summed E-state index contributed by atoms with van der Waals surface area (Å²) >= 11 is 1.13. The minimum atomic E-state index is -2.88. The van der Waals surface area contributed by atoms with E-state index >= 15 is 0 Å². The van der Waals surface area contributed by atoms with E-state index in [1.807, 2.05) is 25.1 Å². The van der Waals surface area contributed by atoms with E-state index in [2.05, 4.69) is 5.32 Å². The normalized spacial score (nSPS) is 18.6. The van der Waals surface area contributed by atoms with Gasteiger partial charge in [0, 0.05) is 65.6 Å². The molecule has 24 heavy (non-hydrogen) atoms. The molecule has 1 N–H and O–H groups in total. The maximum absolute atomic E-state index is 13.4. The van der Waals surface area contributed by atoms with Crippen LogP contribution in [0.4, 0.5) is 14.5 Å². The van der Waals surface area contributed by atoms with E-state index in [1.54, 1.807) is 23.1 Å². The van der Waals surface area contributed by atoms with E-state index in [0.29, 0.717) is 18.8 Å². The Morgan fingerprint density at radius 3 is 2.92 bits per heavy atom. The zero-order chi connectivity index (χ0) is 17.7. The molecule has 2 rings (SSSR count). The lowest BCUT2D eigenvalue weighted by atomic mass is 10.2. The summed E-state index contributed by atoms with van der Waals surface area (Å²) in [7, 11) is 3.88. The van der Waals surface area contributed by atoms with Crippen LogP contribution >= 0.6 is 22.6 Å². The number of hydrogen-bond donors (Lipinski definition) is 1. The number of carbonyl (C=O) groups is 1. The molecule has 0 radical (unpaired) electrons. The Bertz CT molecular complexity index is 602. The molecule has 1 aliphatic rings. The third-order valence-corrected chi connectivity index (χ3v) is 4.41. The second kappa shape index (κ2) is 8.24. The highest BCUT2D eigenvalue weighted by atomic mass is 127. The van der Waals surface area contributed by atoms with Crippen LogP contribution < -0.4 is 5.32 Å². The van der Waals surface area contributed by atoms with Crippen molar-refractivity contribution in [1.29, 1.82) is 0 Å². The number of amides is 1. The molecule has 1 amide bonds. The molecule has 0 bridgehead atoms. The van der Waals surface area contributed by atoms with Gasteiger partial charge in [0.25, 0.3) is 0 Å². The first kappa shape index (κ1) is 19.1. The van der Waals surface area contributed by atoms with Gasteiger partial charge in [-0.3, -0.25) is 4.79 Å². The van der Waals surface area contributed by atoms with Crippen molar-refractivity contribution in [3.8, 4) is 0 Å². The van der Waals surface area contributed by atoms with Crippen LogP contribution in [0.2, 0.25) is 0 Å². The van der Waals surface area contributed by atoms with Gasteiger partial charge in [-0.05, 0) is 32.6 Å². The van der Waals surface area contributed by atoms with Crippen LogP contribution in [0.5, 0.6) is 0 Å². The molecule has 1 atom stereocenters. The number of carbonyl (C=O) groups excluding carboxylic acids is 1. The molecule has 1 aliphatic heterocycles. The SMILES string of the molecule is CN(C)C/C=C/C(=O)N1CC[C@H](Nc2cccc(C(F)(F)I)c2)C1. The summed E-state index contributed by atoms with van der Waals surface area (Å²) in [4.78, 5) is 15.9. The van der Waals surface area contributed by atoms with Crippen molar-refractivity contribution in [2.75, 3.05) is 39.0 Å². The highest BCUT2D eigenvalue weighted by molar-refractivity contribution is 14.1. The van der Waals surface area contributed by atoms with Gasteiger partial charge in [-0.2, -0.15) is 8.78 Å². The van der Waals surface area contributed by atoms with Crippen LogP contribution in [0.25, 0.3) is 0 Å². The number of nitrogens with one attached hydrogen (secondary N) is 1. The Hall–Kier alpha value is -1.22. The standard InChI is InChI=1S/C17H22F2IN3O/c1-22(2)9-4-7-16(24)23-10-8-15(12-23)21-14-6-3-5-13(11-14)17(18,19)20/h3-7,11,15,21H,8-10,12H2,1-2H3/b7-4+/t15-/m0/s1. The molecule has 0 saturated carbocycles. The number of hydrogen-bond acceptors (Lipinski definition) is 3. The van der Waals surface area contributed by atoms with Gasteiger partial charge >= 0.3 is 3.93 Å². The molecule has 1 fully saturated rings. The second-order valence-electron chi connectivity index (χ2n) is 6.16. The summed E-state index contributed by atoms with van der Waals surface area (Å²) in [5, 5.41) is 3.25. The Morgan fingerprint density at radius 1 is 1.50 bits per heavy atom. The summed E-state index contributed by atoms with van der Waals surface area (Å²) in [5.74, 6) is -0.00584. The van der Waals surface area contributed by atoms with Crippen molar-refractivity contribution in [1.82, 2.24) is 9.80 Å². The molecule has 0 unspecified atom stereocenters. The molecule has 0 aliphatic carbocycles. The first-order valence-electron chi connectivity index (χ1n) is 7.79. The van der Waals surface area contributed by atoms with Crippen LogP contribution in [0, 0.1) is 0 Å². The third-order valence-electron chi connectivity index (χ3n) is 3.79. The first-order valence-corrected chi connectivity index (χ1v) is 8.87. The molecule has 0 aromatic heterocycles. The number of benzene rings is 1. The summed E-state index contributed by atoms with van der Waals surface area (Å²) in [6, 6.07) is 6.35.